The van der Waals surface area contributed by atoms with Crippen molar-refractivity contribution in [1.82, 2.24) is 10.3 Å². The molecular formula is C21H21ClN2O. The molecule has 0 aliphatic heterocycles. The highest BCUT2D eigenvalue weighted by atomic mass is 35.5. The van der Waals surface area contributed by atoms with Gasteiger partial charge in [-0.3, -0.25) is 4.79 Å². The quantitative estimate of drug-likeness (QED) is 0.710. The lowest BCUT2D eigenvalue weighted by atomic mass is 9.95. The van der Waals surface area contributed by atoms with Gasteiger partial charge in [0.15, 0.2) is 0 Å². The van der Waals surface area contributed by atoms with Crippen molar-refractivity contribution in [1.29, 1.82) is 0 Å². The van der Waals surface area contributed by atoms with E-state index in [2.05, 4.69) is 28.5 Å². The second kappa shape index (κ2) is 6.93. The number of amides is 1. The number of hydrogen-bond acceptors (Lipinski definition) is 1. The second-order valence-corrected chi connectivity index (χ2v) is 7.19. The van der Waals surface area contributed by atoms with Crippen molar-refractivity contribution < 1.29 is 4.79 Å². The van der Waals surface area contributed by atoms with Crippen LogP contribution in [0.4, 0.5) is 0 Å². The summed E-state index contributed by atoms with van der Waals surface area (Å²) in [6, 6.07) is 13.8. The van der Waals surface area contributed by atoms with Gasteiger partial charge in [0.2, 0.25) is 5.91 Å². The Hall–Kier alpha value is -2.26. The molecule has 1 aliphatic carbocycles. The molecule has 4 heteroatoms. The van der Waals surface area contributed by atoms with Gasteiger partial charge < -0.3 is 10.3 Å². The van der Waals surface area contributed by atoms with Crippen molar-refractivity contribution in [2.75, 3.05) is 0 Å². The fraction of sp³-hybridized carbons (Fsp3) is 0.286. The number of aryl methyl sites for hydroxylation is 2. The minimum atomic E-state index is 0.0264. The summed E-state index contributed by atoms with van der Waals surface area (Å²) in [4.78, 5) is 15.7. The molecule has 1 amide bonds. The van der Waals surface area contributed by atoms with E-state index in [1.165, 1.54) is 35.0 Å². The topological polar surface area (TPSA) is 44.9 Å². The molecule has 1 aromatic heterocycles. The number of benzene rings is 2. The third-order valence-electron chi connectivity index (χ3n) is 4.93. The Bertz CT molecular complexity index is 912. The summed E-state index contributed by atoms with van der Waals surface area (Å²) in [5.41, 5.74) is 6.19. The number of fused-ring (bicyclic) bond motifs is 3. The Morgan fingerprint density at radius 1 is 1.04 bits per heavy atom. The number of aromatic nitrogens is 1. The van der Waals surface area contributed by atoms with Crippen LogP contribution in [-0.4, -0.2) is 10.9 Å². The molecule has 3 aromatic rings. The zero-order valence-corrected chi connectivity index (χ0v) is 14.8. The average Bonchev–Trinajstić information content (AvgIpc) is 3.00. The van der Waals surface area contributed by atoms with Gasteiger partial charge in [-0.2, -0.15) is 0 Å². The molecule has 128 valence electrons. The molecule has 4 rings (SSSR count). The van der Waals surface area contributed by atoms with Crippen LogP contribution in [0.1, 0.15) is 35.2 Å². The van der Waals surface area contributed by atoms with Crippen molar-refractivity contribution in [3.63, 3.8) is 0 Å². The smallest absolute Gasteiger partial charge is 0.224 e. The van der Waals surface area contributed by atoms with Gasteiger partial charge in [-0.15, -0.1) is 0 Å². The van der Waals surface area contributed by atoms with Crippen molar-refractivity contribution in [2.24, 2.45) is 0 Å². The molecule has 1 heterocycles. The Morgan fingerprint density at radius 2 is 1.80 bits per heavy atom. The molecule has 0 saturated heterocycles. The minimum Gasteiger partial charge on any atom is -0.358 e. The first-order chi connectivity index (χ1) is 12.2. The molecule has 0 fully saturated rings. The maximum absolute atomic E-state index is 12.2. The van der Waals surface area contributed by atoms with Crippen LogP contribution >= 0.6 is 11.6 Å². The molecular weight excluding hydrogens is 332 g/mol. The zero-order valence-electron chi connectivity index (χ0n) is 14.1. The van der Waals surface area contributed by atoms with Crippen LogP contribution in [0.15, 0.2) is 42.5 Å². The van der Waals surface area contributed by atoms with Gasteiger partial charge in [-0.1, -0.05) is 29.8 Å². The van der Waals surface area contributed by atoms with Crippen LogP contribution in [0.2, 0.25) is 5.02 Å². The lowest BCUT2D eigenvalue weighted by Crippen LogP contribution is -2.24. The molecule has 0 saturated carbocycles. The standard InChI is InChI=1S/C21H21ClN2O/c22-16-8-5-14(6-9-16)12-21(25)23-13-15-7-10-20-18(11-15)17-3-1-2-4-19(17)24-20/h5-11,24H,1-4,12-13H2,(H,23,25). The van der Waals surface area contributed by atoms with E-state index in [-0.39, 0.29) is 5.91 Å². The highest BCUT2D eigenvalue weighted by molar-refractivity contribution is 6.30. The highest BCUT2D eigenvalue weighted by Crippen LogP contribution is 2.29. The van der Waals surface area contributed by atoms with Crippen LogP contribution in [0.3, 0.4) is 0 Å². The van der Waals surface area contributed by atoms with E-state index < -0.39 is 0 Å². The number of hydrogen-bond donors (Lipinski definition) is 2. The summed E-state index contributed by atoms with van der Waals surface area (Å²) in [6.45, 7) is 0.558. The normalized spacial score (nSPS) is 13.6. The van der Waals surface area contributed by atoms with E-state index in [1.807, 2.05) is 24.3 Å². The van der Waals surface area contributed by atoms with Gasteiger partial charge in [-0.25, -0.2) is 0 Å². The molecule has 2 N–H and O–H groups in total. The van der Waals surface area contributed by atoms with Crippen molar-refractivity contribution in [3.05, 3.63) is 69.9 Å². The lowest BCUT2D eigenvalue weighted by molar-refractivity contribution is -0.120. The van der Waals surface area contributed by atoms with Gasteiger partial charge >= 0.3 is 0 Å². The molecule has 0 spiro atoms. The number of aromatic amines is 1. The molecule has 25 heavy (non-hydrogen) atoms. The maximum Gasteiger partial charge on any atom is 0.224 e. The summed E-state index contributed by atoms with van der Waals surface area (Å²) in [6.07, 6.45) is 5.22. The first-order valence-electron chi connectivity index (χ1n) is 8.82. The van der Waals surface area contributed by atoms with Gasteiger partial charge in [0, 0.05) is 28.2 Å². The van der Waals surface area contributed by atoms with E-state index in [0.717, 1.165) is 24.0 Å². The zero-order chi connectivity index (χ0) is 17.2. The number of carbonyl (C=O) groups excluding carboxylic acids is 1. The summed E-state index contributed by atoms with van der Waals surface area (Å²) >= 11 is 5.88. The van der Waals surface area contributed by atoms with Gasteiger partial charge in [0.25, 0.3) is 0 Å². The van der Waals surface area contributed by atoms with Crippen LogP contribution < -0.4 is 5.32 Å². The number of rotatable bonds is 4. The molecule has 2 aromatic carbocycles. The first-order valence-corrected chi connectivity index (χ1v) is 9.20. The molecule has 1 aliphatic rings. The molecule has 3 nitrogen and oxygen atoms in total. The lowest BCUT2D eigenvalue weighted by Gasteiger charge is -2.11. The number of carbonyl (C=O) groups is 1. The van der Waals surface area contributed by atoms with Gasteiger partial charge in [0.05, 0.1) is 6.42 Å². The SMILES string of the molecule is O=C(Cc1ccc(Cl)cc1)NCc1ccc2[nH]c3c(c2c1)CCCC3. The van der Waals surface area contributed by atoms with E-state index in [9.17, 15) is 4.79 Å². The summed E-state index contributed by atoms with van der Waals surface area (Å²) < 4.78 is 0. The van der Waals surface area contributed by atoms with Crippen molar-refractivity contribution in [3.8, 4) is 0 Å². The van der Waals surface area contributed by atoms with Crippen LogP contribution in [0, 0.1) is 0 Å². The third-order valence-corrected chi connectivity index (χ3v) is 5.18. The molecule has 0 radical (unpaired) electrons. The van der Waals surface area contributed by atoms with E-state index in [0.29, 0.717) is 18.0 Å². The Morgan fingerprint density at radius 3 is 2.64 bits per heavy atom. The average molecular weight is 353 g/mol. The van der Waals surface area contributed by atoms with Crippen LogP contribution in [-0.2, 0) is 30.6 Å². The second-order valence-electron chi connectivity index (χ2n) is 6.75. The monoisotopic (exact) mass is 352 g/mol. The van der Waals surface area contributed by atoms with Crippen LogP contribution in [0.5, 0.6) is 0 Å². The van der Waals surface area contributed by atoms with Gasteiger partial charge in [0.1, 0.15) is 0 Å². The number of nitrogens with one attached hydrogen (secondary N) is 2. The highest BCUT2D eigenvalue weighted by Gasteiger charge is 2.15. The maximum atomic E-state index is 12.2. The summed E-state index contributed by atoms with van der Waals surface area (Å²) in [5, 5.41) is 5.02. The largest absolute Gasteiger partial charge is 0.358 e. The minimum absolute atomic E-state index is 0.0264. The summed E-state index contributed by atoms with van der Waals surface area (Å²) in [5.74, 6) is 0.0264. The predicted octanol–water partition coefficient (Wildman–Crippen LogP) is 4.56. The molecule has 0 atom stereocenters. The number of halogens is 1. The number of H-pyrrole nitrogens is 1. The fourth-order valence-corrected chi connectivity index (χ4v) is 3.74. The van der Waals surface area contributed by atoms with Gasteiger partial charge in [-0.05, 0) is 66.6 Å². The van der Waals surface area contributed by atoms with Crippen molar-refractivity contribution in [2.45, 2.75) is 38.6 Å². The summed E-state index contributed by atoms with van der Waals surface area (Å²) in [7, 11) is 0. The Kier molecular flexibility index (Phi) is 4.50. The van der Waals surface area contributed by atoms with E-state index in [1.54, 1.807) is 0 Å². The predicted molar refractivity (Wildman–Crippen MR) is 102 cm³/mol. The van der Waals surface area contributed by atoms with Crippen LogP contribution in [0.25, 0.3) is 10.9 Å². The first kappa shape index (κ1) is 16.2. The third kappa shape index (κ3) is 3.57. The van der Waals surface area contributed by atoms with E-state index in [4.69, 9.17) is 11.6 Å². The molecule has 0 bridgehead atoms. The fourth-order valence-electron chi connectivity index (χ4n) is 3.61. The Balaban J connectivity index is 1.43. The van der Waals surface area contributed by atoms with Crippen molar-refractivity contribution >= 4 is 28.4 Å². The Labute approximate surface area is 152 Å². The van der Waals surface area contributed by atoms with E-state index >= 15 is 0 Å². The molecule has 0 unspecified atom stereocenters.